The van der Waals surface area contributed by atoms with Gasteiger partial charge in [-0.25, -0.2) is 14.8 Å². The van der Waals surface area contributed by atoms with Gasteiger partial charge in [-0.2, -0.15) is 0 Å². The number of carbonyl (C=O) groups is 2. The summed E-state index contributed by atoms with van der Waals surface area (Å²) in [6, 6.07) is 1.36. The highest BCUT2D eigenvalue weighted by Gasteiger charge is 2.25. The third kappa shape index (κ3) is 5.50. The van der Waals surface area contributed by atoms with Gasteiger partial charge in [0.2, 0.25) is 11.9 Å². The Morgan fingerprint density at radius 2 is 1.78 bits per heavy atom. The van der Waals surface area contributed by atoms with Crippen LogP contribution in [0.15, 0.2) is 6.07 Å². The second kappa shape index (κ2) is 8.45. The van der Waals surface area contributed by atoms with Gasteiger partial charge in [0.25, 0.3) is 0 Å². The largest absolute Gasteiger partial charge is 0.467 e. The van der Waals surface area contributed by atoms with E-state index in [1.54, 1.807) is 7.05 Å². The maximum Gasteiger partial charge on any atom is 0.328 e. The van der Waals surface area contributed by atoms with Crippen molar-refractivity contribution in [1.82, 2.24) is 14.9 Å². The lowest BCUT2D eigenvalue weighted by Crippen LogP contribution is -2.42. The fourth-order valence-corrected chi connectivity index (χ4v) is 2.32. The minimum absolute atomic E-state index is 0.161. The summed E-state index contributed by atoms with van der Waals surface area (Å²) < 4.78 is 4.79. The molecule has 0 saturated carbocycles. The van der Waals surface area contributed by atoms with Gasteiger partial charge in [-0.3, -0.25) is 4.79 Å². The lowest BCUT2D eigenvalue weighted by atomic mass is 10.1. The van der Waals surface area contributed by atoms with E-state index in [0.717, 1.165) is 11.4 Å². The first kappa shape index (κ1) is 18.9. The molecule has 0 spiro atoms. The lowest BCUT2D eigenvalue weighted by molar-refractivity contribution is -0.151. The van der Waals surface area contributed by atoms with E-state index in [-0.39, 0.29) is 5.91 Å². The molecule has 0 aliphatic heterocycles. The average molecular weight is 322 g/mol. The van der Waals surface area contributed by atoms with Crippen molar-refractivity contribution in [3.8, 4) is 0 Å². The maximum absolute atomic E-state index is 11.8. The highest BCUT2D eigenvalue weighted by atomic mass is 16.5. The van der Waals surface area contributed by atoms with E-state index in [4.69, 9.17) is 4.74 Å². The molecule has 1 aromatic rings. The quantitative estimate of drug-likeness (QED) is 0.705. The van der Waals surface area contributed by atoms with Crippen LogP contribution in [-0.4, -0.2) is 60.5 Å². The van der Waals surface area contributed by atoms with Crippen LogP contribution in [-0.2, 0) is 14.3 Å². The van der Waals surface area contributed by atoms with Crippen molar-refractivity contribution < 1.29 is 14.3 Å². The minimum Gasteiger partial charge on any atom is -0.467 e. The number of likely N-dealkylation sites (N-methyl/N-ethyl adjacent to an activating group) is 1. The van der Waals surface area contributed by atoms with E-state index in [1.807, 2.05) is 31.9 Å². The Morgan fingerprint density at radius 3 is 2.26 bits per heavy atom. The molecule has 7 nitrogen and oxygen atoms in total. The van der Waals surface area contributed by atoms with Gasteiger partial charge in [0, 0.05) is 39.0 Å². The van der Waals surface area contributed by atoms with Gasteiger partial charge in [-0.15, -0.1) is 0 Å². The Kier molecular flexibility index (Phi) is 6.93. The number of ether oxygens (including phenoxy) is 1. The van der Waals surface area contributed by atoms with Crippen molar-refractivity contribution in [3.63, 3.8) is 0 Å². The second-order valence-electron chi connectivity index (χ2n) is 5.68. The monoisotopic (exact) mass is 322 g/mol. The average Bonchev–Trinajstić information content (AvgIpc) is 2.48. The number of hydrogen-bond donors (Lipinski definition) is 0. The number of methoxy groups -OCH3 is 1. The number of aryl methyl sites for hydroxylation is 2. The van der Waals surface area contributed by atoms with Crippen molar-refractivity contribution in [1.29, 1.82) is 0 Å². The Balaban J connectivity index is 2.65. The zero-order valence-corrected chi connectivity index (χ0v) is 14.8. The van der Waals surface area contributed by atoms with Gasteiger partial charge in [-0.1, -0.05) is 0 Å². The molecule has 1 rings (SSSR count). The normalized spacial score (nSPS) is 11.7. The number of amides is 1. The van der Waals surface area contributed by atoms with Crippen molar-refractivity contribution in [2.24, 2.45) is 0 Å². The standard InChI is InChI=1S/C16H26N4O3/c1-11-10-12(2)18-16(17-11)19(4)9-7-8-14(15(22)23-6)20(5)13(3)21/h10,14H,7-9H2,1-6H3. The van der Waals surface area contributed by atoms with Crippen LogP contribution in [0, 0.1) is 13.8 Å². The van der Waals surface area contributed by atoms with E-state index < -0.39 is 12.0 Å². The molecule has 0 fully saturated rings. The molecule has 128 valence electrons. The van der Waals surface area contributed by atoms with Crippen molar-refractivity contribution >= 4 is 17.8 Å². The third-order valence-corrected chi connectivity index (χ3v) is 3.72. The molecule has 0 bridgehead atoms. The molecular formula is C16H26N4O3. The van der Waals surface area contributed by atoms with Gasteiger partial charge < -0.3 is 14.5 Å². The maximum atomic E-state index is 11.8. The molecule has 0 aliphatic carbocycles. The molecule has 0 aliphatic rings. The number of carbonyl (C=O) groups excluding carboxylic acids is 2. The van der Waals surface area contributed by atoms with E-state index in [9.17, 15) is 9.59 Å². The van der Waals surface area contributed by atoms with Crippen LogP contribution in [0.25, 0.3) is 0 Å². The zero-order valence-electron chi connectivity index (χ0n) is 14.8. The van der Waals surface area contributed by atoms with Gasteiger partial charge in [0.05, 0.1) is 7.11 Å². The molecule has 1 amide bonds. The highest BCUT2D eigenvalue weighted by molar-refractivity contribution is 5.83. The minimum atomic E-state index is -0.564. The van der Waals surface area contributed by atoms with Crippen molar-refractivity contribution in [3.05, 3.63) is 17.5 Å². The molecule has 0 aromatic carbocycles. The third-order valence-electron chi connectivity index (χ3n) is 3.72. The summed E-state index contributed by atoms with van der Waals surface area (Å²) in [6.07, 6.45) is 1.24. The van der Waals surface area contributed by atoms with Gasteiger partial charge in [0.1, 0.15) is 6.04 Å². The van der Waals surface area contributed by atoms with Crippen LogP contribution in [0.3, 0.4) is 0 Å². The van der Waals surface area contributed by atoms with Crippen LogP contribution in [0.1, 0.15) is 31.2 Å². The zero-order chi connectivity index (χ0) is 17.6. The van der Waals surface area contributed by atoms with Gasteiger partial charge in [0.15, 0.2) is 0 Å². The Bertz CT molecular complexity index is 542. The topological polar surface area (TPSA) is 75.6 Å². The molecule has 7 heteroatoms. The van der Waals surface area contributed by atoms with Crippen LogP contribution in [0.4, 0.5) is 5.95 Å². The lowest BCUT2D eigenvalue weighted by Gasteiger charge is -2.26. The molecule has 0 radical (unpaired) electrons. The first-order valence-electron chi connectivity index (χ1n) is 7.61. The number of esters is 1. The van der Waals surface area contributed by atoms with Crippen molar-refractivity contribution in [2.75, 3.05) is 32.6 Å². The summed E-state index contributed by atoms with van der Waals surface area (Å²) in [6.45, 7) is 5.98. The number of rotatable bonds is 7. The second-order valence-corrected chi connectivity index (χ2v) is 5.68. The van der Waals surface area contributed by atoms with Gasteiger partial charge in [-0.05, 0) is 32.8 Å². The summed E-state index contributed by atoms with van der Waals surface area (Å²) in [5.41, 5.74) is 1.84. The van der Waals surface area contributed by atoms with Gasteiger partial charge >= 0.3 is 5.97 Å². The van der Waals surface area contributed by atoms with E-state index in [1.165, 1.54) is 18.9 Å². The fraction of sp³-hybridized carbons (Fsp3) is 0.625. The molecule has 0 N–H and O–H groups in total. The summed E-state index contributed by atoms with van der Waals surface area (Å²) in [7, 11) is 4.86. The molecule has 1 atom stereocenters. The predicted molar refractivity (Wildman–Crippen MR) is 88.3 cm³/mol. The number of anilines is 1. The van der Waals surface area contributed by atoms with Crippen molar-refractivity contribution in [2.45, 2.75) is 39.7 Å². The summed E-state index contributed by atoms with van der Waals surface area (Å²) in [5.74, 6) is 0.108. The Hall–Kier alpha value is -2.18. The number of nitrogens with zero attached hydrogens (tertiary/aromatic N) is 4. The van der Waals surface area contributed by atoms with Crippen LogP contribution < -0.4 is 4.90 Å². The molecule has 1 heterocycles. The highest BCUT2D eigenvalue weighted by Crippen LogP contribution is 2.12. The smallest absolute Gasteiger partial charge is 0.328 e. The summed E-state index contributed by atoms with van der Waals surface area (Å²) >= 11 is 0. The summed E-state index contributed by atoms with van der Waals surface area (Å²) in [5, 5.41) is 0. The number of aromatic nitrogens is 2. The molecule has 23 heavy (non-hydrogen) atoms. The molecule has 1 aromatic heterocycles. The van der Waals surface area contributed by atoms with Crippen LogP contribution >= 0.6 is 0 Å². The first-order valence-corrected chi connectivity index (χ1v) is 7.61. The Morgan fingerprint density at radius 1 is 1.22 bits per heavy atom. The molecular weight excluding hydrogens is 296 g/mol. The van der Waals surface area contributed by atoms with Crippen LogP contribution in [0.5, 0.6) is 0 Å². The summed E-state index contributed by atoms with van der Waals surface area (Å²) in [4.78, 5) is 35.5. The Labute approximate surface area is 137 Å². The SMILES string of the molecule is COC(=O)C(CCCN(C)c1nc(C)cc(C)n1)N(C)C(C)=O. The fourth-order valence-electron chi connectivity index (χ4n) is 2.32. The molecule has 0 saturated heterocycles. The molecule has 1 unspecified atom stereocenters. The van der Waals surface area contributed by atoms with E-state index >= 15 is 0 Å². The predicted octanol–water partition coefficient (Wildman–Crippen LogP) is 1.33. The van der Waals surface area contributed by atoms with E-state index in [2.05, 4.69) is 9.97 Å². The first-order chi connectivity index (χ1) is 10.8. The van der Waals surface area contributed by atoms with Crippen LogP contribution in [0.2, 0.25) is 0 Å². The number of hydrogen-bond acceptors (Lipinski definition) is 6. The van der Waals surface area contributed by atoms with E-state index in [0.29, 0.717) is 25.3 Å².